The van der Waals surface area contributed by atoms with Gasteiger partial charge in [-0.05, 0) is 4.53 Å². The lowest BCUT2D eigenvalue weighted by Crippen LogP contribution is -1.61. The van der Waals surface area contributed by atoms with Gasteiger partial charge in [-0.1, -0.05) is 6.92 Å². The van der Waals surface area contributed by atoms with E-state index in [1.165, 1.54) is 0 Å². The number of hydrogen-bond donors (Lipinski definition) is 0. The number of hydrogen-bond acceptors (Lipinski definition) is 2. The quantitative estimate of drug-likeness (QED) is 0.504. The molecule has 0 amide bonds. The Bertz CT molecular complexity index is 49.5. The molecule has 0 N–H and O–H groups in total. The first-order valence-electron chi connectivity index (χ1n) is 1.62. The largest absolute Gasteiger partial charge is 0.293 e. The molecule has 0 aliphatic carbocycles. The lowest BCUT2D eigenvalue weighted by Gasteiger charge is -1.80. The van der Waals surface area contributed by atoms with Crippen LogP contribution in [0.5, 0.6) is 0 Å². The molecule has 0 rings (SSSR count). The van der Waals surface area contributed by atoms with Crippen LogP contribution in [0.1, 0.15) is 6.92 Å². The molecule has 0 spiro atoms. The molecule has 0 aliphatic heterocycles. The summed E-state index contributed by atoms with van der Waals surface area (Å²) in [5.74, 6) is 0. The van der Waals surface area contributed by atoms with Gasteiger partial charge in [-0.25, -0.2) is 0 Å². The van der Waals surface area contributed by atoms with Gasteiger partial charge in [0, 0.05) is 6.16 Å². The van der Waals surface area contributed by atoms with Gasteiger partial charge >= 0.3 is 0 Å². The normalized spacial score (nSPS) is 14.3. The van der Waals surface area contributed by atoms with Crippen LogP contribution in [-0.2, 0) is 9.29 Å². The van der Waals surface area contributed by atoms with Crippen molar-refractivity contribution in [3.63, 3.8) is 0 Å². The van der Waals surface area contributed by atoms with Crippen molar-refractivity contribution in [3.8, 4) is 0 Å². The third-order valence-corrected chi connectivity index (χ3v) is 1.12. The Kier molecular flexibility index (Phi) is 3.38. The van der Waals surface area contributed by atoms with E-state index >= 15 is 0 Å². The van der Waals surface area contributed by atoms with Gasteiger partial charge in [0.1, 0.15) is 0 Å². The Morgan fingerprint density at radius 3 is 2.50 bits per heavy atom. The van der Waals surface area contributed by atoms with Crippen molar-refractivity contribution in [1.29, 1.82) is 0 Å². The summed E-state index contributed by atoms with van der Waals surface area (Å²) in [6.07, 6.45) is 0.279. The molecule has 0 aliphatic rings. The Hall–Kier alpha value is 0.120. The highest BCUT2D eigenvalue weighted by atomic mass is 31.1. The Balaban J connectivity index is 2.99. The summed E-state index contributed by atoms with van der Waals surface area (Å²) in [4.78, 5) is 0. The van der Waals surface area contributed by atoms with Crippen LogP contribution in [0.2, 0.25) is 0 Å². The van der Waals surface area contributed by atoms with Crippen molar-refractivity contribution >= 4 is 8.03 Å². The zero-order chi connectivity index (χ0) is 4.99. The molecule has 0 saturated carbocycles. The average molecular weight is 112 g/mol. The van der Waals surface area contributed by atoms with Crippen molar-refractivity contribution in [2.24, 2.45) is 0 Å². The highest BCUT2D eigenvalue weighted by Gasteiger charge is 1.88. The summed E-state index contributed by atoms with van der Waals surface area (Å²) < 4.78 is 23.3. The van der Waals surface area contributed by atoms with E-state index in [1.54, 1.807) is 6.92 Å². The molecule has 0 aromatic heterocycles. The van der Waals surface area contributed by atoms with Crippen LogP contribution in [0.15, 0.2) is 0 Å². The fourth-order valence-corrected chi connectivity index (χ4v) is 0.164. The van der Waals surface area contributed by atoms with Crippen LogP contribution < -0.4 is 0 Å². The van der Waals surface area contributed by atoms with Crippen molar-refractivity contribution in [3.05, 3.63) is 0 Å². The van der Waals surface area contributed by atoms with Gasteiger partial charge in [0.2, 0.25) is 8.03 Å². The van der Waals surface area contributed by atoms with E-state index in [4.69, 9.17) is 0 Å². The third-order valence-electron chi connectivity index (χ3n) is 0.375. The second-order valence-corrected chi connectivity index (χ2v) is 2.41. The highest BCUT2D eigenvalue weighted by molar-refractivity contribution is 7.38. The number of halogens is 1. The van der Waals surface area contributed by atoms with Crippen LogP contribution in [0.25, 0.3) is 0 Å². The van der Waals surface area contributed by atoms with Gasteiger partial charge in [-0.2, -0.15) is 0 Å². The van der Waals surface area contributed by atoms with Crippen molar-refractivity contribution in [2.45, 2.75) is 6.92 Å². The van der Waals surface area contributed by atoms with E-state index in [0.717, 1.165) is 0 Å². The first-order chi connectivity index (χ1) is 2.81. The van der Waals surface area contributed by atoms with Crippen LogP contribution in [-0.4, -0.2) is 6.16 Å². The molecule has 38 valence electrons. The van der Waals surface area contributed by atoms with Gasteiger partial charge in [0.05, 0.1) is 0 Å². The molecule has 0 heterocycles. The van der Waals surface area contributed by atoms with E-state index in [2.05, 4.69) is 4.73 Å². The predicted octanol–water partition coefficient (Wildman–Crippen LogP) is 1.38. The van der Waals surface area contributed by atoms with E-state index in [0.29, 0.717) is 0 Å². The average Bonchev–Trinajstić information content (AvgIpc) is 1.65. The van der Waals surface area contributed by atoms with Crippen LogP contribution >= 0.6 is 8.03 Å². The monoisotopic (exact) mass is 112 g/mol. The van der Waals surface area contributed by atoms with Crippen molar-refractivity contribution in [2.75, 3.05) is 6.16 Å². The van der Waals surface area contributed by atoms with Crippen LogP contribution in [0.3, 0.4) is 0 Å². The summed E-state index contributed by atoms with van der Waals surface area (Å²) in [6, 6.07) is 0. The second-order valence-electron chi connectivity index (χ2n) is 0.803. The molecule has 0 saturated heterocycles. The molecular formula is C2H6FO2P. The maximum absolute atomic E-state index is 10.6. The third kappa shape index (κ3) is 2.36. The molecule has 0 fully saturated rings. The van der Waals surface area contributed by atoms with Gasteiger partial charge in [-0.3, -0.25) is 4.57 Å². The molecule has 4 heteroatoms. The molecule has 0 aromatic rings. The smallest absolute Gasteiger partial charge is 0.230 e. The molecule has 0 radical (unpaired) electrons. The second kappa shape index (κ2) is 3.32. The summed E-state index contributed by atoms with van der Waals surface area (Å²) in [7, 11) is -2.28. The molecule has 0 bridgehead atoms. The predicted molar refractivity (Wildman–Crippen MR) is 21.7 cm³/mol. The van der Waals surface area contributed by atoms with E-state index in [9.17, 15) is 9.09 Å². The minimum atomic E-state index is -2.28. The minimum absolute atomic E-state index is 0.279. The lowest BCUT2D eigenvalue weighted by molar-refractivity contribution is 0.00501. The SMILES string of the molecule is CC[PH](=O)OF. The molecular weight excluding hydrogens is 106 g/mol. The maximum Gasteiger partial charge on any atom is 0.230 e. The summed E-state index contributed by atoms with van der Waals surface area (Å²) in [5.41, 5.74) is 0. The summed E-state index contributed by atoms with van der Waals surface area (Å²) in [5, 5.41) is 0. The van der Waals surface area contributed by atoms with Crippen molar-refractivity contribution in [1.82, 2.24) is 0 Å². The zero-order valence-electron chi connectivity index (χ0n) is 3.40. The molecule has 0 aromatic carbocycles. The van der Waals surface area contributed by atoms with E-state index < -0.39 is 8.03 Å². The molecule has 1 atom stereocenters. The van der Waals surface area contributed by atoms with Gasteiger partial charge in [0.15, 0.2) is 0 Å². The molecule has 1 unspecified atom stereocenters. The number of rotatable bonds is 2. The van der Waals surface area contributed by atoms with Gasteiger partial charge in [-0.15, -0.1) is 4.73 Å². The van der Waals surface area contributed by atoms with E-state index in [-0.39, 0.29) is 6.16 Å². The Labute approximate surface area is 36.1 Å². The first kappa shape index (κ1) is 6.12. The van der Waals surface area contributed by atoms with Crippen LogP contribution in [0, 0.1) is 0 Å². The molecule has 2 nitrogen and oxygen atoms in total. The topological polar surface area (TPSA) is 26.3 Å². The van der Waals surface area contributed by atoms with E-state index in [1.807, 2.05) is 0 Å². The lowest BCUT2D eigenvalue weighted by atomic mass is 11.0. The highest BCUT2D eigenvalue weighted by Crippen LogP contribution is 2.19. The summed E-state index contributed by atoms with van der Waals surface area (Å²) in [6.45, 7) is 1.60. The maximum atomic E-state index is 10.6. The zero-order valence-corrected chi connectivity index (χ0v) is 4.40. The fraction of sp³-hybridized carbons (Fsp3) is 1.00. The van der Waals surface area contributed by atoms with Gasteiger partial charge in [0.25, 0.3) is 0 Å². The van der Waals surface area contributed by atoms with Crippen molar-refractivity contribution < 1.29 is 13.8 Å². The van der Waals surface area contributed by atoms with Gasteiger partial charge < -0.3 is 0 Å². The molecule has 6 heavy (non-hydrogen) atoms. The Morgan fingerprint density at radius 1 is 2.00 bits per heavy atom. The minimum Gasteiger partial charge on any atom is -0.293 e. The fourth-order valence-electron chi connectivity index (χ4n) is 0.0546. The summed E-state index contributed by atoms with van der Waals surface area (Å²) >= 11 is 0. The first-order valence-corrected chi connectivity index (χ1v) is 3.15. The Morgan fingerprint density at radius 2 is 2.50 bits per heavy atom. The standard InChI is InChI=1S/C2H6FO2P/c1-2-6(4)5-3/h6H,2H2,1H3. The van der Waals surface area contributed by atoms with Crippen LogP contribution in [0.4, 0.5) is 4.53 Å².